The highest BCUT2D eigenvalue weighted by Gasteiger charge is 2.49. The number of nitrogens with one attached hydrogen (secondary N) is 2. The van der Waals surface area contributed by atoms with Crippen LogP contribution in [0.5, 0.6) is 5.75 Å². The van der Waals surface area contributed by atoms with Crippen molar-refractivity contribution in [1.29, 1.82) is 0 Å². The van der Waals surface area contributed by atoms with Crippen molar-refractivity contribution in [2.45, 2.75) is 19.0 Å². The van der Waals surface area contributed by atoms with Crippen molar-refractivity contribution in [3.05, 3.63) is 77.9 Å². The van der Waals surface area contributed by atoms with Gasteiger partial charge in [-0.25, -0.2) is 4.79 Å². The van der Waals surface area contributed by atoms with E-state index in [4.69, 9.17) is 4.74 Å². The van der Waals surface area contributed by atoms with Gasteiger partial charge in [-0.05, 0) is 47.0 Å². The fraction of sp³-hybridized carbons (Fsp3) is 0.208. The van der Waals surface area contributed by atoms with Gasteiger partial charge in [-0.1, -0.05) is 48.5 Å². The summed E-state index contributed by atoms with van der Waals surface area (Å²) < 4.78 is 5.17. The average Bonchev–Trinajstić information content (AvgIpc) is 3.01. The van der Waals surface area contributed by atoms with Gasteiger partial charge in [-0.2, -0.15) is 0 Å². The molecule has 1 aliphatic rings. The lowest BCUT2D eigenvalue weighted by Gasteiger charge is -2.22. The number of urea groups is 1. The molecule has 0 aromatic heterocycles. The Morgan fingerprint density at radius 2 is 1.81 bits per heavy atom. The molecule has 31 heavy (non-hydrogen) atoms. The first-order chi connectivity index (χ1) is 14.9. The number of ether oxygens (including phenoxy) is 1. The zero-order valence-corrected chi connectivity index (χ0v) is 17.3. The number of imide groups is 1. The Morgan fingerprint density at radius 3 is 2.58 bits per heavy atom. The lowest BCUT2D eigenvalue weighted by molar-refractivity contribution is -0.134. The monoisotopic (exact) mass is 417 g/mol. The Hall–Kier alpha value is -3.87. The molecule has 1 saturated heterocycles. The van der Waals surface area contributed by atoms with E-state index in [2.05, 4.69) is 10.6 Å². The standard InChI is InChI=1S/C24H23N3O4/c1-24(19-11-10-17-7-3-4-8-18(17)13-19)22(29)27(23(30)26-24)15-21(28)25-14-16-6-5-9-20(12-16)31-2/h3-13H,14-15H2,1-2H3,(H,25,28)(H,26,30)/t24-/m1/s1. The number of nitrogens with zero attached hydrogens (tertiary/aromatic N) is 1. The third-order valence-electron chi connectivity index (χ3n) is 5.53. The predicted octanol–water partition coefficient (Wildman–Crippen LogP) is 2.93. The summed E-state index contributed by atoms with van der Waals surface area (Å²) in [5, 5.41) is 7.50. The van der Waals surface area contributed by atoms with Gasteiger partial charge in [-0.15, -0.1) is 0 Å². The molecule has 2 N–H and O–H groups in total. The van der Waals surface area contributed by atoms with Crippen molar-refractivity contribution in [3.8, 4) is 5.75 Å². The molecule has 4 rings (SSSR count). The molecule has 1 atom stereocenters. The van der Waals surface area contributed by atoms with Gasteiger partial charge in [0.05, 0.1) is 7.11 Å². The molecule has 3 aromatic carbocycles. The Morgan fingerprint density at radius 1 is 1.03 bits per heavy atom. The zero-order chi connectivity index (χ0) is 22.0. The van der Waals surface area contributed by atoms with Crippen LogP contribution in [0.3, 0.4) is 0 Å². The summed E-state index contributed by atoms with van der Waals surface area (Å²) in [6, 6.07) is 20.1. The lowest BCUT2D eigenvalue weighted by atomic mass is 9.90. The Kier molecular flexibility index (Phi) is 5.33. The second-order valence-corrected chi connectivity index (χ2v) is 7.64. The molecule has 3 aromatic rings. The predicted molar refractivity (Wildman–Crippen MR) is 116 cm³/mol. The van der Waals surface area contributed by atoms with Crippen molar-refractivity contribution >= 4 is 28.6 Å². The van der Waals surface area contributed by atoms with Gasteiger partial charge >= 0.3 is 6.03 Å². The number of fused-ring (bicyclic) bond motifs is 1. The highest BCUT2D eigenvalue weighted by atomic mass is 16.5. The first-order valence-corrected chi connectivity index (χ1v) is 9.94. The number of methoxy groups -OCH3 is 1. The molecule has 0 bridgehead atoms. The van der Waals surface area contributed by atoms with E-state index in [0.717, 1.165) is 21.2 Å². The summed E-state index contributed by atoms with van der Waals surface area (Å²) in [7, 11) is 1.57. The maximum Gasteiger partial charge on any atom is 0.325 e. The molecule has 7 nitrogen and oxygen atoms in total. The highest BCUT2D eigenvalue weighted by molar-refractivity contribution is 6.09. The maximum absolute atomic E-state index is 13.1. The third-order valence-corrected chi connectivity index (χ3v) is 5.53. The average molecular weight is 417 g/mol. The van der Waals surface area contributed by atoms with E-state index in [1.165, 1.54) is 0 Å². The van der Waals surface area contributed by atoms with Gasteiger partial charge in [0.2, 0.25) is 5.91 Å². The molecule has 1 fully saturated rings. The van der Waals surface area contributed by atoms with Gasteiger partial charge in [0.25, 0.3) is 5.91 Å². The Bertz CT molecular complexity index is 1180. The van der Waals surface area contributed by atoms with Crippen molar-refractivity contribution in [1.82, 2.24) is 15.5 Å². The fourth-order valence-electron chi connectivity index (χ4n) is 3.72. The van der Waals surface area contributed by atoms with Gasteiger partial charge in [0.15, 0.2) is 0 Å². The third kappa shape index (κ3) is 3.94. The minimum atomic E-state index is -1.23. The van der Waals surface area contributed by atoms with Crippen molar-refractivity contribution in [3.63, 3.8) is 0 Å². The minimum absolute atomic E-state index is 0.266. The van der Waals surface area contributed by atoms with Gasteiger partial charge < -0.3 is 15.4 Å². The van der Waals surface area contributed by atoms with Crippen LogP contribution < -0.4 is 15.4 Å². The molecule has 0 radical (unpaired) electrons. The van der Waals surface area contributed by atoms with E-state index in [1.807, 2.05) is 66.7 Å². The first-order valence-electron chi connectivity index (χ1n) is 9.94. The number of carbonyl (C=O) groups is 3. The van der Waals surface area contributed by atoms with E-state index in [1.54, 1.807) is 14.0 Å². The van der Waals surface area contributed by atoms with Crippen LogP contribution in [-0.2, 0) is 21.7 Å². The normalized spacial score (nSPS) is 18.2. The van der Waals surface area contributed by atoms with E-state index >= 15 is 0 Å². The number of benzene rings is 3. The van der Waals surface area contributed by atoms with Crippen LogP contribution in [0.4, 0.5) is 4.79 Å². The number of hydrogen-bond donors (Lipinski definition) is 2. The Balaban J connectivity index is 1.46. The summed E-state index contributed by atoms with van der Waals surface area (Å²) >= 11 is 0. The lowest BCUT2D eigenvalue weighted by Crippen LogP contribution is -2.43. The van der Waals surface area contributed by atoms with Crippen molar-refractivity contribution < 1.29 is 19.1 Å². The second kappa shape index (κ2) is 8.10. The largest absolute Gasteiger partial charge is 0.497 e. The molecule has 4 amide bonds. The molecule has 1 heterocycles. The van der Waals surface area contributed by atoms with Crippen LogP contribution in [0.1, 0.15) is 18.1 Å². The number of hydrogen-bond acceptors (Lipinski definition) is 4. The summed E-state index contributed by atoms with van der Waals surface area (Å²) in [4.78, 5) is 39.0. The molecule has 0 saturated carbocycles. The second-order valence-electron chi connectivity index (χ2n) is 7.64. The number of amides is 4. The molecule has 0 unspecified atom stereocenters. The van der Waals surface area contributed by atoms with Crippen molar-refractivity contribution in [2.24, 2.45) is 0 Å². The summed E-state index contributed by atoms with van der Waals surface area (Å²) in [5.41, 5.74) is 0.295. The van der Waals surface area contributed by atoms with Crippen LogP contribution >= 0.6 is 0 Å². The Labute approximate surface area is 180 Å². The van der Waals surface area contributed by atoms with E-state index in [-0.39, 0.29) is 13.1 Å². The van der Waals surface area contributed by atoms with Crippen LogP contribution in [0.2, 0.25) is 0 Å². The summed E-state index contributed by atoms with van der Waals surface area (Å²) in [5.74, 6) is -0.189. The summed E-state index contributed by atoms with van der Waals surface area (Å²) in [6.07, 6.45) is 0. The van der Waals surface area contributed by atoms with E-state index < -0.39 is 23.4 Å². The topological polar surface area (TPSA) is 87.7 Å². The maximum atomic E-state index is 13.1. The molecule has 158 valence electrons. The molecule has 7 heteroatoms. The minimum Gasteiger partial charge on any atom is -0.497 e. The van der Waals surface area contributed by atoms with Gasteiger partial charge in [0, 0.05) is 6.54 Å². The smallest absolute Gasteiger partial charge is 0.325 e. The molecule has 0 aliphatic carbocycles. The van der Waals surface area contributed by atoms with Crippen molar-refractivity contribution in [2.75, 3.05) is 13.7 Å². The molecule has 1 aliphatic heterocycles. The van der Waals surface area contributed by atoms with Gasteiger partial charge in [0.1, 0.15) is 17.8 Å². The first kappa shape index (κ1) is 20.4. The van der Waals surface area contributed by atoms with Crippen LogP contribution in [0, 0.1) is 0 Å². The van der Waals surface area contributed by atoms with E-state index in [0.29, 0.717) is 11.3 Å². The zero-order valence-electron chi connectivity index (χ0n) is 17.3. The van der Waals surface area contributed by atoms with Crippen LogP contribution in [-0.4, -0.2) is 36.4 Å². The van der Waals surface area contributed by atoms with Crippen LogP contribution in [0.15, 0.2) is 66.7 Å². The van der Waals surface area contributed by atoms with E-state index in [9.17, 15) is 14.4 Å². The van der Waals surface area contributed by atoms with Crippen LogP contribution in [0.25, 0.3) is 10.8 Å². The SMILES string of the molecule is COc1cccc(CNC(=O)CN2C(=O)N[C@](C)(c3ccc4ccccc4c3)C2=O)c1. The molecule has 0 spiro atoms. The fourth-order valence-corrected chi connectivity index (χ4v) is 3.72. The number of carbonyl (C=O) groups excluding carboxylic acids is 3. The quantitative estimate of drug-likeness (QED) is 0.604. The highest BCUT2D eigenvalue weighted by Crippen LogP contribution is 2.30. The van der Waals surface area contributed by atoms with Gasteiger partial charge in [-0.3, -0.25) is 14.5 Å². The number of rotatable bonds is 6. The summed E-state index contributed by atoms with van der Waals surface area (Å²) in [6.45, 7) is 1.57. The molecular formula is C24H23N3O4. The molecular weight excluding hydrogens is 394 g/mol.